The summed E-state index contributed by atoms with van der Waals surface area (Å²) in [7, 11) is 0. The van der Waals surface area contributed by atoms with E-state index in [9.17, 15) is 4.79 Å². The van der Waals surface area contributed by atoms with Gasteiger partial charge in [0.15, 0.2) is 0 Å². The highest BCUT2D eigenvalue weighted by molar-refractivity contribution is 6.31. The van der Waals surface area contributed by atoms with Crippen LogP contribution in [0.25, 0.3) is 0 Å². The van der Waals surface area contributed by atoms with Gasteiger partial charge in [-0.1, -0.05) is 11.6 Å². The maximum absolute atomic E-state index is 11.3. The van der Waals surface area contributed by atoms with Crippen molar-refractivity contribution in [1.82, 2.24) is 9.55 Å². The zero-order valence-corrected chi connectivity index (χ0v) is 11.0. The Labute approximate surface area is 116 Å². The number of halogens is 1. The lowest BCUT2D eigenvalue weighted by Crippen LogP contribution is -2.13. The van der Waals surface area contributed by atoms with E-state index in [0.717, 1.165) is 13.0 Å². The van der Waals surface area contributed by atoms with Gasteiger partial charge in [0.2, 0.25) is 0 Å². The highest BCUT2D eigenvalue weighted by atomic mass is 35.5. The van der Waals surface area contributed by atoms with Crippen LogP contribution >= 0.6 is 11.6 Å². The highest BCUT2D eigenvalue weighted by Gasteiger charge is 2.09. The van der Waals surface area contributed by atoms with Crippen molar-refractivity contribution < 1.29 is 9.53 Å². The molecule has 0 bridgehead atoms. The number of nitrogens with zero attached hydrogens (tertiary/aromatic N) is 2. The van der Waals surface area contributed by atoms with E-state index >= 15 is 0 Å². The molecule has 1 aromatic heterocycles. The van der Waals surface area contributed by atoms with Crippen molar-refractivity contribution in [3.8, 4) is 5.75 Å². The average Bonchev–Trinajstić information content (AvgIpc) is 2.89. The molecule has 2 rings (SSSR count). The minimum Gasteiger partial charge on any atom is -0.493 e. The first-order chi connectivity index (χ1) is 9.16. The molecule has 0 aliphatic carbocycles. The van der Waals surface area contributed by atoms with Crippen LogP contribution < -0.4 is 10.5 Å². The van der Waals surface area contributed by atoms with Gasteiger partial charge in [0, 0.05) is 24.0 Å². The number of rotatable bonds is 6. The number of ether oxygens (including phenoxy) is 1. The van der Waals surface area contributed by atoms with E-state index in [-0.39, 0.29) is 0 Å². The van der Waals surface area contributed by atoms with Crippen LogP contribution in [0.5, 0.6) is 5.75 Å². The molecule has 19 heavy (non-hydrogen) atoms. The molecule has 5 nitrogen and oxygen atoms in total. The minimum absolute atomic E-state index is 0.301. The summed E-state index contributed by atoms with van der Waals surface area (Å²) in [5.41, 5.74) is 5.58. The lowest BCUT2D eigenvalue weighted by molar-refractivity contribution is 0.0996. The van der Waals surface area contributed by atoms with Crippen molar-refractivity contribution in [2.24, 2.45) is 5.73 Å². The third kappa shape index (κ3) is 3.72. The van der Waals surface area contributed by atoms with E-state index < -0.39 is 5.91 Å². The number of amides is 1. The fourth-order valence-corrected chi connectivity index (χ4v) is 1.84. The van der Waals surface area contributed by atoms with E-state index in [0.29, 0.717) is 22.9 Å². The normalized spacial score (nSPS) is 10.4. The number of aromatic nitrogens is 2. The predicted molar refractivity (Wildman–Crippen MR) is 72.3 cm³/mol. The first-order valence-electron chi connectivity index (χ1n) is 5.84. The number of carbonyl (C=O) groups is 1. The second-order valence-corrected chi connectivity index (χ2v) is 4.44. The van der Waals surface area contributed by atoms with E-state index in [1.165, 1.54) is 6.07 Å². The molecule has 0 radical (unpaired) electrons. The highest BCUT2D eigenvalue weighted by Crippen LogP contribution is 2.22. The van der Waals surface area contributed by atoms with Crippen molar-refractivity contribution >= 4 is 17.5 Å². The molecule has 1 heterocycles. The number of carbonyl (C=O) groups excluding carboxylic acids is 1. The Bertz CT molecular complexity index is 555. The Morgan fingerprint density at radius 2 is 2.32 bits per heavy atom. The molecule has 0 saturated carbocycles. The topological polar surface area (TPSA) is 70.1 Å². The molecule has 0 atom stereocenters. The Morgan fingerprint density at radius 1 is 1.47 bits per heavy atom. The number of imidazole rings is 1. The third-order valence-electron chi connectivity index (χ3n) is 2.58. The van der Waals surface area contributed by atoms with Gasteiger partial charge in [-0.3, -0.25) is 4.79 Å². The molecule has 0 aliphatic heterocycles. The summed E-state index contributed by atoms with van der Waals surface area (Å²) >= 11 is 5.82. The van der Waals surface area contributed by atoms with Crippen molar-refractivity contribution in [2.45, 2.75) is 13.0 Å². The second kappa shape index (κ2) is 6.24. The zero-order valence-electron chi connectivity index (χ0n) is 10.3. The minimum atomic E-state index is -0.549. The summed E-state index contributed by atoms with van der Waals surface area (Å²) in [5.74, 6) is -0.0883. The summed E-state index contributed by atoms with van der Waals surface area (Å²) in [6.45, 7) is 1.29. The quantitative estimate of drug-likeness (QED) is 0.823. The molecule has 100 valence electrons. The molecule has 0 unspecified atom stereocenters. The summed E-state index contributed by atoms with van der Waals surface area (Å²) in [5, 5.41) is 0.458. The monoisotopic (exact) mass is 279 g/mol. The molecule has 0 saturated heterocycles. The van der Waals surface area contributed by atoms with E-state index in [1.54, 1.807) is 24.7 Å². The molecule has 0 spiro atoms. The Balaban J connectivity index is 1.90. The summed E-state index contributed by atoms with van der Waals surface area (Å²) in [6, 6.07) is 4.83. The fourth-order valence-electron chi connectivity index (χ4n) is 1.67. The van der Waals surface area contributed by atoms with E-state index in [2.05, 4.69) is 4.98 Å². The predicted octanol–water partition coefficient (Wildman–Crippen LogP) is 2.10. The maximum Gasteiger partial charge on any atom is 0.252 e. The van der Waals surface area contributed by atoms with E-state index in [4.69, 9.17) is 22.1 Å². The van der Waals surface area contributed by atoms with Crippen LogP contribution in [0.2, 0.25) is 5.02 Å². The molecule has 1 aromatic carbocycles. The van der Waals surface area contributed by atoms with Gasteiger partial charge in [-0.2, -0.15) is 0 Å². The van der Waals surface area contributed by atoms with Gasteiger partial charge >= 0.3 is 0 Å². The molecule has 6 heteroatoms. The van der Waals surface area contributed by atoms with Crippen molar-refractivity contribution in [2.75, 3.05) is 6.61 Å². The Morgan fingerprint density at radius 3 is 3.00 bits per heavy atom. The smallest absolute Gasteiger partial charge is 0.252 e. The number of nitrogens with two attached hydrogens (primary N) is 1. The van der Waals surface area contributed by atoms with Gasteiger partial charge in [0.25, 0.3) is 5.91 Å². The summed E-state index contributed by atoms with van der Waals surface area (Å²) in [6.07, 6.45) is 6.16. The van der Waals surface area contributed by atoms with Gasteiger partial charge in [-0.15, -0.1) is 0 Å². The maximum atomic E-state index is 11.3. The van der Waals surface area contributed by atoms with Crippen LogP contribution in [0, 0.1) is 0 Å². The zero-order chi connectivity index (χ0) is 13.7. The first kappa shape index (κ1) is 13.4. The van der Waals surface area contributed by atoms with Crippen LogP contribution in [0.1, 0.15) is 16.8 Å². The molecule has 2 N–H and O–H groups in total. The van der Waals surface area contributed by atoms with Crippen LogP contribution in [-0.4, -0.2) is 22.1 Å². The number of hydrogen-bond donors (Lipinski definition) is 1. The van der Waals surface area contributed by atoms with Crippen LogP contribution in [0.15, 0.2) is 36.9 Å². The number of hydrogen-bond acceptors (Lipinski definition) is 3. The van der Waals surface area contributed by atoms with E-state index in [1.807, 2.05) is 10.8 Å². The van der Waals surface area contributed by atoms with Crippen molar-refractivity contribution in [3.63, 3.8) is 0 Å². The van der Waals surface area contributed by atoms with Crippen LogP contribution in [0.4, 0.5) is 0 Å². The van der Waals surface area contributed by atoms with Crippen LogP contribution in [0.3, 0.4) is 0 Å². The molecule has 0 aliphatic rings. The number of primary amides is 1. The van der Waals surface area contributed by atoms with Gasteiger partial charge in [0.05, 0.1) is 18.5 Å². The third-order valence-corrected chi connectivity index (χ3v) is 2.82. The number of benzene rings is 1. The molecular formula is C13H14ClN3O2. The fraction of sp³-hybridized carbons (Fsp3) is 0.231. The largest absolute Gasteiger partial charge is 0.493 e. The van der Waals surface area contributed by atoms with Gasteiger partial charge in [-0.05, 0) is 24.6 Å². The Kier molecular flexibility index (Phi) is 4.41. The Hall–Kier alpha value is -2.01. The molecule has 1 amide bonds. The molecular weight excluding hydrogens is 266 g/mol. The van der Waals surface area contributed by atoms with Crippen molar-refractivity contribution in [3.05, 3.63) is 47.5 Å². The molecule has 0 fully saturated rings. The summed E-state index contributed by atoms with van der Waals surface area (Å²) < 4.78 is 7.52. The van der Waals surface area contributed by atoms with Crippen molar-refractivity contribution in [1.29, 1.82) is 0 Å². The summed E-state index contributed by atoms with van der Waals surface area (Å²) in [4.78, 5) is 15.2. The lowest BCUT2D eigenvalue weighted by atomic mass is 10.2. The molecule has 2 aromatic rings. The van der Waals surface area contributed by atoms with Crippen LogP contribution in [-0.2, 0) is 6.54 Å². The number of aryl methyl sites for hydroxylation is 1. The van der Waals surface area contributed by atoms with Gasteiger partial charge in [-0.25, -0.2) is 4.98 Å². The second-order valence-electron chi connectivity index (χ2n) is 4.01. The SMILES string of the molecule is NC(=O)c1cc(Cl)ccc1OCCCn1ccnc1. The van der Waals surface area contributed by atoms with Gasteiger partial charge in [0.1, 0.15) is 5.75 Å². The lowest BCUT2D eigenvalue weighted by Gasteiger charge is -2.10. The first-order valence-corrected chi connectivity index (χ1v) is 6.22. The average molecular weight is 280 g/mol. The standard InChI is InChI=1S/C13H14ClN3O2/c14-10-2-3-12(11(8-10)13(15)18)19-7-1-5-17-6-4-16-9-17/h2-4,6,8-9H,1,5,7H2,(H2,15,18). The van der Waals surface area contributed by atoms with Gasteiger partial charge < -0.3 is 15.0 Å².